The van der Waals surface area contributed by atoms with Crippen LogP contribution in [0.2, 0.25) is 5.02 Å². The molecule has 31 heavy (non-hydrogen) atoms. The van der Waals surface area contributed by atoms with Gasteiger partial charge in [-0.25, -0.2) is 13.4 Å². The van der Waals surface area contributed by atoms with E-state index in [2.05, 4.69) is 9.71 Å². The normalized spacial score (nSPS) is 12.5. The molecule has 3 aromatic rings. The standard InChI is InChI=1S/C20H20ClN3O5S2/c1-3-24(20-22-16-6-4-5-7-17(16)30-20)18(25)12-29-19(26)13(2)23-31(27,28)15-10-8-14(21)9-11-15/h4-11,13,23H,3,12H2,1-2H3. The second-order valence-corrected chi connectivity index (χ2v) is 9.67. The summed E-state index contributed by atoms with van der Waals surface area (Å²) >= 11 is 7.12. The highest BCUT2D eigenvalue weighted by molar-refractivity contribution is 7.89. The van der Waals surface area contributed by atoms with Crippen molar-refractivity contribution in [3.63, 3.8) is 0 Å². The fourth-order valence-corrected chi connectivity index (χ4v) is 5.06. The zero-order chi connectivity index (χ0) is 22.6. The van der Waals surface area contributed by atoms with Gasteiger partial charge in [-0.1, -0.05) is 35.1 Å². The molecule has 3 rings (SSSR count). The molecule has 0 bridgehead atoms. The Morgan fingerprint density at radius 1 is 1.19 bits per heavy atom. The third-order valence-corrected chi connectivity index (χ3v) is 7.15. The molecule has 8 nitrogen and oxygen atoms in total. The van der Waals surface area contributed by atoms with Crippen molar-refractivity contribution >= 4 is 60.2 Å². The number of benzene rings is 2. The van der Waals surface area contributed by atoms with Crippen LogP contribution in [0.3, 0.4) is 0 Å². The molecule has 0 aliphatic heterocycles. The third kappa shape index (κ3) is 5.59. The number of likely N-dealkylation sites (N-methyl/N-ethyl adjacent to an activating group) is 1. The van der Waals surface area contributed by atoms with E-state index in [0.29, 0.717) is 16.7 Å². The van der Waals surface area contributed by atoms with Crippen LogP contribution in [0.5, 0.6) is 0 Å². The Kier molecular flexibility index (Phi) is 7.26. The minimum absolute atomic E-state index is 0.0411. The van der Waals surface area contributed by atoms with Gasteiger partial charge in [0, 0.05) is 11.6 Å². The van der Waals surface area contributed by atoms with Crippen molar-refractivity contribution in [2.24, 2.45) is 0 Å². The van der Waals surface area contributed by atoms with Gasteiger partial charge in [-0.2, -0.15) is 4.72 Å². The number of fused-ring (bicyclic) bond motifs is 1. The van der Waals surface area contributed by atoms with Crippen LogP contribution < -0.4 is 9.62 Å². The second-order valence-electron chi connectivity index (χ2n) is 6.51. The predicted octanol–water partition coefficient (Wildman–Crippen LogP) is 3.21. The van der Waals surface area contributed by atoms with E-state index in [1.807, 2.05) is 24.3 Å². The van der Waals surface area contributed by atoms with Crippen molar-refractivity contribution in [1.29, 1.82) is 0 Å². The molecule has 0 saturated heterocycles. The van der Waals surface area contributed by atoms with Gasteiger partial charge in [0.1, 0.15) is 6.04 Å². The number of hydrogen-bond donors (Lipinski definition) is 1. The van der Waals surface area contributed by atoms with Crippen LogP contribution in [0.25, 0.3) is 10.2 Å². The molecule has 1 N–H and O–H groups in total. The summed E-state index contributed by atoms with van der Waals surface area (Å²) in [5.41, 5.74) is 0.774. The lowest BCUT2D eigenvalue weighted by atomic mass is 10.3. The lowest BCUT2D eigenvalue weighted by molar-refractivity contribution is -0.149. The minimum atomic E-state index is -3.95. The lowest BCUT2D eigenvalue weighted by Gasteiger charge is -2.18. The van der Waals surface area contributed by atoms with Gasteiger partial charge < -0.3 is 4.74 Å². The van der Waals surface area contributed by atoms with Gasteiger partial charge in [-0.3, -0.25) is 14.5 Å². The molecule has 1 aromatic heterocycles. The Hall–Kier alpha value is -2.53. The van der Waals surface area contributed by atoms with Crippen molar-refractivity contribution < 1.29 is 22.7 Å². The summed E-state index contributed by atoms with van der Waals surface area (Å²) in [6, 6.07) is 11.8. The summed E-state index contributed by atoms with van der Waals surface area (Å²) < 4.78 is 33.0. The second kappa shape index (κ2) is 9.73. The molecule has 1 atom stereocenters. The Labute approximate surface area is 188 Å². The number of nitrogens with zero attached hydrogens (tertiary/aromatic N) is 2. The number of carbonyl (C=O) groups excluding carboxylic acids is 2. The fourth-order valence-electron chi connectivity index (χ4n) is 2.69. The minimum Gasteiger partial charge on any atom is -0.454 e. The van der Waals surface area contributed by atoms with E-state index >= 15 is 0 Å². The van der Waals surface area contributed by atoms with Crippen molar-refractivity contribution in [3.05, 3.63) is 53.6 Å². The summed E-state index contributed by atoms with van der Waals surface area (Å²) in [5.74, 6) is -1.33. The van der Waals surface area contributed by atoms with E-state index in [9.17, 15) is 18.0 Å². The van der Waals surface area contributed by atoms with Gasteiger partial charge in [-0.05, 0) is 50.2 Å². The number of hydrogen-bond acceptors (Lipinski definition) is 7. The maximum absolute atomic E-state index is 12.6. The SMILES string of the molecule is CCN(C(=O)COC(=O)C(C)NS(=O)(=O)c1ccc(Cl)cc1)c1nc2ccccc2s1. The van der Waals surface area contributed by atoms with E-state index in [-0.39, 0.29) is 4.90 Å². The van der Waals surface area contributed by atoms with Gasteiger partial charge in [0.15, 0.2) is 11.7 Å². The number of sulfonamides is 1. The Balaban J connectivity index is 1.60. The summed E-state index contributed by atoms with van der Waals surface area (Å²) in [6.07, 6.45) is 0. The van der Waals surface area contributed by atoms with Crippen molar-refractivity contribution in [3.8, 4) is 0 Å². The first-order chi connectivity index (χ1) is 14.7. The molecule has 1 heterocycles. The summed E-state index contributed by atoms with van der Waals surface area (Å²) in [5, 5.41) is 0.889. The molecule has 0 aliphatic carbocycles. The molecule has 164 valence electrons. The predicted molar refractivity (Wildman–Crippen MR) is 120 cm³/mol. The van der Waals surface area contributed by atoms with Gasteiger partial charge in [-0.15, -0.1) is 0 Å². The van der Waals surface area contributed by atoms with Crippen LogP contribution in [0, 0.1) is 0 Å². The molecule has 1 amide bonds. The average molecular weight is 482 g/mol. The smallest absolute Gasteiger partial charge is 0.324 e. The highest BCUT2D eigenvalue weighted by Crippen LogP contribution is 2.28. The number of aromatic nitrogens is 1. The molecule has 2 aromatic carbocycles. The number of ether oxygens (including phenoxy) is 1. The molecular formula is C20H20ClN3O5S2. The number of nitrogens with one attached hydrogen (secondary N) is 1. The van der Waals surface area contributed by atoms with E-state index < -0.39 is 34.5 Å². The van der Waals surface area contributed by atoms with Crippen LogP contribution >= 0.6 is 22.9 Å². The first-order valence-electron chi connectivity index (χ1n) is 9.31. The summed E-state index contributed by atoms with van der Waals surface area (Å²) in [6.45, 7) is 2.94. The highest BCUT2D eigenvalue weighted by Gasteiger charge is 2.25. The average Bonchev–Trinajstić information content (AvgIpc) is 3.16. The van der Waals surface area contributed by atoms with E-state index in [4.69, 9.17) is 16.3 Å². The topological polar surface area (TPSA) is 106 Å². The largest absolute Gasteiger partial charge is 0.454 e. The van der Waals surface area contributed by atoms with Gasteiger partial charge in [0.2, 0.25) is 10.0 Å². The Morgan fingerprint density at radius 3 is 2.52 bits per heavy atom. The molecular weight excluding hydrogens is 462 g/mol. The molecule has 0 aliphatic rings. The number of rotatable bonds is 8. The number of esters is 1. The van der Waals surface area contributed by atoms with Crippen LogP contribution in [-0.2, 0) is 24.3 Å². The lowest BCUT2D eigenvalue weighted by Crippen LogP contribution is -2.41. The highest BCUT2D eigenvalue weighted by atomic mass is 35.5. The molecule has 11 heteroatoms. The van der Waals surface area contributed by atoms with E-state index in [1.54, 1.807) is 6.92 Å². The molecule has 0 spiro atoms. The van der Waals surface area contributed by atoms with E-state index in [1.165, 1.54) is 47.4 Å². The Morgan fingerprint density at radius 2 is 1.87 bits per heavy atom. The fraction of sp³-hybridized carbons (Fsp3) is 0.250. The molecule has 1 unspecified atom stereocenters. The summed E-state index contributed by atoms with van der Waals surface area (Å²) in [7, 11) is -3.95. The maximum atomic E-state index is 12.6. The molecule has 0 saturated carbocycles. The quantitative estimate of drug-likeness (QED) is 0.495. The number of para-hydroxylation sites is 1. The van der Waals surface area contributed by atoms with Crippen LogP contribution in [0.4, 0.5) is 5.13 Å². The third-order valence-electron chi connectivity index (χ3n) is 4.28. The number of amides is 1. The van der Waals surface area contributed by atoms with Crippen LogP contribution in [-0.4, -0.2) is 44.5 Å². The molecule has 0 fully saturated rings. The molecule has 0 radical (unpaired) electrons. The maximum Gasteiger partial charge on any atom is 0.324 e. The number of anilines is 1. The Bertz CT molecular complexity index is 1160. The van der Waals surface area contributed by atoms with Gasteiger partial charge >= 0.3 is 5.97 Å². The van der Waals surface area contributed by atoms with Gasteiger partial charge in [0.05, 0.1) is 15.1 Å². The van der Waals surface area contributed by atoms with Crippen LogP contribution in [0.1, 0.15) is 13.8 Å². The first-order valence-corrected chi connectivity index (χ1v) is 12.0. The number of carbonyl (C=O) groups is 2. The van der Waals surface area contributed by atoms with Gasteiger partial charge in [0.25, 0.3) is 5.91 Å². The monoisotopic (exact) mass is 481 g/mol. The zero-order valence-electron chi connectivity index (χ0n) is 16.7. The van der Waals surface area contributed by atoms with Crippen molar-refractivity contribution in [1.82, 2.24) is 9.71 Å². The summed E-state index contributed by atoms with van der Waals surface area (Å²) in [4.78, 5) is 30.6. The van der Waals surface area contributed by atoms with Crippen LogP contribution in [0.15, 0.2) is 53.4 Å². The number of halogens is 1. The first kappa shape index (κ1) is 23.1. The van der Waals surface area contributed by atoms with E-state index in [0.717, 1.165) is 10.2 Å². The number of thiazole rings is 1. The van der Waals surface area contributed by atoms with Crippen molar-refractivity contribution in [2.45, 2.75) is 24.8 Å². The zero-order valence-corrected chi connectivity index (χ0v) is 19.1. The van der Waals surface area contributed by atoms with Crippen molar-refractivity contribution in [2.75, 3.05) is 18.1 Å².